The van der Waals surface area contributed by atoms with Crippen molar-refractivity contribution in [1.82, 2.24) is 14.2 Å². The average Bonchev–Trinajstić information content (AvgIpc) is 3.19. The Kier molecular flexibility index (Phi) is 3.98. The summed E-state index contributed by atoms with van der Waals surface area (Å²) in [6, 6.07) is 17.9. The summed E-state index contributed by atoms with van der Waals surface area (Å²) in [6.07, 6.45) is 3.70. The summed E-state index contributed by atoms with van der Waals surface area (Å²) in [6.45, 7) is 0. The quantitative estimate of drug-likeness (QED) is 0.550. The lowest BCUT2D eigenvalue weighted by Gasteiger charge is -2.13. The van der Waals surface area contributed by atoms with E-state index in [-0.39, 0.29) is 10.3 Å². The van der Waals surface area contributed by atoms with Crippen molar-refractivity contribution in [2.24, 2.45) is 0 Å². The molecule has 0 aliphatic heterocycles. The zero-order valence-corrected chi connectivity index (χ0v) is 14.4. The van der Waals surface area contributed by atoms with E-state index in [0.29, 0.717) is 22.2 Å². The smallest absolute Gasteiger partial charge is 0.281 e. The van der Waals surface area contributed by atoms with Crippen LogP contribution in [0.15, 0.2) is 77.9 Å². The van der Waals surface area contributed by atoms with Crippen molar-refractivity contribution in [3.05, 3.63) is 93.7 Å². The standard InChI is InChI=1S/C19H14N4O2S/c24-17(14-8-2-4-10-16(14)22-11-5-6-12-22)21-23-18(25)13-7-1-3-9-15(13)20-19(23)26/h1-12H,(H,20,26)(H,21,24). The maximum absolute atomic E-state index is 12.8. The van der Waals surface area contributed by atoms with Crippen LogP contribution in [0.25, 0.3) is 16.6 Å². The van der Waals surface area contributed by atoms with E-state index in [4.69, 9.17) is 12.2 Å². The molecule has 2 aromatic carbocycles. The second-order valence-corrected chi connectivity index (χ2v) is 6.05. The average molecular weight is 362 g/mol. The first-order valence-electron chi connectivity index (χ1n) is 7.93. The van der Waals surface area contributed by atoms with Gasteiger partial charge in [0.15, 0.2) is 4.77 Å². The first-order valence-corrected chi connectivity index (χ1v) is 8.34. The normalized spacial score (nSPS) is 10.8. The number of amides is 1. The Labute approximate surface area is 153 Å². The molecule has 4 rings (SSSR count). The highest BCUT2D eigenvalue weighted by Gasteiger charge is 2.14. The fraction of sp³-hybridized carbons (Fsp3) is 0. The fourth-order valence-corrected chi connectivity index (χ4v) is 3.05. The molecular weight excluding hydrogens is 348 g/mol. The molecule has 2 aromatic heterocycles. The molecule has 2 heterocycles. The van der Waals surface area contributed by atoms with Gasteiger partial charge in [-0.1, -0.05) is 24.3 Å². The monoisotopic (exact) mass is 362 g/mol. The number of carbonyl (C=O) groups excluding carboxylic acids is 1. The maximum atomic E-state index is 12.8. The van der Waals surface area contributed by atoms with Crippen LogP contribution in [0.5, 0.6) is 0 Å². The number of para-hydroxylation sites is 2. The van der Waals surface area contributed by atoms with Crippen LogP contribution in [0.2, 0.25) is 0 Å². The third-order valence-corrected chi connectivity index (χ3v) is 4.33. The Hall–Kier alpha value is -3.45. The highest BCUT2D eigenvalue weighted by molar-refractivity contribution is 7.71. The summed E-state index contributed by atoms with van der Waals surface area (Å²) in [4.78, 5) is 28.5. The minimum Gasteiger partial charge on any atom is -0.330 e. The van der Waals surface area contributed by atoms with Gasteiger partial charge in [-0.15, -0.1) is 0 Å². The highest BCUT2D eigenvalue weighted by atomic mass is 32.1. The van der Waals surface area contributed by atoms with Gasteiger partial charge < -0.3 is 9.55 Å². The van der Waals surface area contributed by atoms with E-state index in [9.17, 15) is 9.59 Å². The molecule has 6 nitrogen and oxygen atoms in total. The summed E-state index contributed by atoms with van der Waals surface area (Å²) < 4.78 is 3.02. The summed E-state index contributed by atoms with van der Waals surface area (Å²) in [5.41, 5.74) is 3.99. The number of nitrogens with zero attached hydrogens (tertiary/aromatic N) is 2. The lowest BCUT2D eigenvalue weighted by molar-refractivity contribution is 0.101. The van der Waals surface area contributed by atoms with Crippen molar-refractivity contribution < 1.29 is 4.79 Å². The Morgan fingerprint density at radius 2 is 1.65 bits per heavy atom. The van der Waals surface area contributed by atoms with Gasteiger partial charge in [0.05, 0.1) is 22.2 Å². The Bertz CT molecular complexity index is 1220. The minimum atomic E-state index is -0.425. The molecule has 26 heavy (non-hydrogen) atoms. The van der Waals surface area contributed by atoms with Crippen LogP contribution in [0, 0.1) is 4.77 Å². The van der Waals surface area contributed by atoms with Crippen LogP contribution in [0.1, 0.15) is 10.4 Å². The Morgan fingerprint density at radius 1 is 0.962 bits per heavy atom. The van der Waals surface area contributed by atoms with Gasteiger partial charge in [-0.3, -0.25) is 15.0 Å². The summed E-state index contributed by atoms with van der Waals surface area (Å²) in [5.74, 6) is -0.425. The number of benzene rings is 2. The van der Waals surface area contributed by atoms with E-state index >= 15 is 0 Å². The van der Waals surface area contributed by atoms with Crippen LogP contribution in [0.4, 0.5) is 0 Å². The number of H-pyrrole nitrogens is 1. The van der Waals surface area contributed by atoms with E-state index in [1.807, 2.05) is 47.3 Å². The number of aromatic amines is 1. The predicted molar refractivity (Wildman–Crippen MR) is 103 cm³/mol. The minimum absolute atomic E-state index is 0.125. The number of nitrogens with one attached hydrogen (secondary N) is 2. The molecular formula is C19H14N4O2S. The number of rotatable bonds is 3. The van der Waals surface area contributed by atoms with Crippen molar-refractivity contribution in [2.45, 2.75) is 0 Å². The van der Waals surface area contributed by atoms with Crippen LogP contribution < -0.4 is 11.0 Å². The van der Waals surface area contributed by atoms with Gasteiger partial charge in [0.25, 0.3) is 11.5 Å². The number of fused-ring (bicyclic) bond motifs is 1. The van der Waals surface area contributed by atoms with E-state index in [2.05, 4.69) is 10.4 Å². The molecule has 2 N–H and O–H groups in total. The van der Waals surface area contributed by atoms with Gasteiger partial charge in [0, 0.05) is 12.4 Å². The Morgan fingerprint density at radius 3 is 2.46 bits per heavy atom. The molecule has 0 bridgehead atoms. The first kappa shape index (κ1) is 16.0. The largest absolute Gasteiger partial charge is 0.330 e. The zero-order valence-electron chi connectivity index (χ0n) is 13.5. The molecule has 0 aliphatic carbocycles. The van der Waals surface area contributed by atoms with Crippen molar-refractivity contribution in [3.8, 4) is 5.69 Å². The van der Waals surface area contributed by atoms with Crippen molar-refractivity contribution in [2.75, 3.05) is 5.43 Å². The van der Waals surface area contributed by atoms with Gasteiger partial charge in [-0.05, 0) is 48.6 Å². The summed E-state index contributed by atoms with van der Waals surface area (Å²) >= 11 is 5.24. The summed E-state index contributed by atoms with van der Waals surface area (Å²) in [5, 5.41) is 0.445. The SMILES string of the molecule is O=C(Nn1c(=S)[nH]c2ccccc2c1=O)c1ccccc1-n1cccc1. The van der Waals surface area contributed by atoms with Crippen molar-refractivity contribution in [3.63, 3.8) is 0 Å². The molecule has 0 radical (unpaired) electrons. The number of hydrogen-bond acceptors (Lipinski definition) is 3. The van der Waals surface area contributed by atoms with Gasteiger partial charge in [0.1, 0.15) is 0 Å². The molecule has 0 atom stereocenters. The van der Waals surface area contributed by atoms with Crippen LogP contribution in [-0.2, 0) is 0 Å². The maximum Gasteiger partial charge on any atom is 0.281 e. The van der Waals surface area contributed by atoms with Gasteiger partial charge in [-0.25, -0.2) is 0 Å². The molecule has 7 heteroatoms. The van der Waals surface area contributed by atoms with Gasteiger partial charge >= 0.3 is 0 Å². The van der Waals surface area contributed by atoms with Gasteiger partial charge in [0.2, 0.25) is 0 Å². The molecule has 4 aromatic rings. The third-order valence-electron chi connectivity index (χ3n) is 4.05. The molecule has 0 unspecified atom stereocenters. The molecule has 0 saturated heterocycles. The number of aromatic nitrogens is 3. The molecule has 0 spiro atoms. The van der Waals surface area contributed by atoms with E-state index in [1.165, 1.54) is 0 Å². The molecule has 128 valence electrons. The van der Waals surface area contributed by atoms with Crippen molar-refractivity contribution >= 4 is 29.0 Å². The third kappa shape index (κ3) is 2.74. The zero-order chi connectivity index (χ0) is 18.1. The lowest BCUT2D eigenvalue weighted by Crippen LogP contribution is -2.34. The number of carbonyl (C=O) groups is 1. The molecule has 0 aliphatic rings. The first-order chi connectivity index (χ1) is 12.6. The highest BCUT2D eigenvalue weighted by Crippen LogP contribution is 2.15. The second kappa shape index (κ2) is 6.45. The molecule has 0 fully saturated rings. The van der Waals surface area contributed by atoms with Crippen LogP contribution >= 0.6 is 12.2 Å². The topological polar surface area (TPSA) is 71.8 Å². The number of hydrogen-bond donors (Lipinski definition) is 2. The van der Waals surface area contributed by atoms with Crippen LogP contribution in [-0.4, -0.2) is 20.1 Å². The van der Waals surface area contributed by atoms with E-state index < -0.39 is 5.91 Å². The summed E-state index contributed by atoms with van der Waals surface area (Å²) in [7, 11) is 0. The lowest BCUT2D eigenvalue weighted by atomic mass is 10.1. The van der Waals surface area contributed by atoms with Crippen molar-refractivity contribution in [1.29, 1.82) is 0 Å². The van der Waals surface area contributed by atoms with E-state index in [1.54, 1.807) is 30.3 Å². The van der Waals surface area contributed by atoms with Crippen LogP contribution in [0.3, 0.4) is 0 Å². The molecule has 1 amide bonds. The molecule has 0 saturated carbocycles. The van der Waals surface area contributed by atoms with E-state index in [0.717, 1.165) is 4.68 Å². The second-order valence-electron chi connectivity index (χ2n) is 5.66. The van der Waals surface area contributed by atoms with Gasteiger partial charge in [-0.2, -0.15) is 4.68 Å². The predicted octanol–water partition coefficient (Wildman–Crippen LogP) is 3.23. The fourth-order valence-electron chi connectivity index (χ4n) is 2.81. The Balaban J connectivity index is 1.78.